The first-order valence-corrected chi connectivity index (χ1v) is 20.4. The summed E-state index contributed by atoms with van der Waals surface area (Å²) in [7, 11) is 1.22. The molecule has 4 aliphatic rings. The number of H-pyrrole nitrogens is 1. The molecule has 2 bridgehead atoms. The topological polar surface area (TPSA) is 202 Å². The third kappa shape index (κ3) is 8.40. The van der Waals surface area contributed by atoms with Gasteiger partial charge < -0.3 is 54.4 Å². The largest absolute Gasteiger partial charge is 0.508 e. The number of allylic oxidation sites excluding steroid dienone is 4. The zero-order chi connectivity index (χ0) is 43.0. The number of nitrogens with zero attached hydrogens (tertiary/aromatic N) is 1. The summed E-state index contributed by atoms with van der Waals surface area (Å²) >= 11 is 0. The first-order chi connectivity index (χ1) is 28.6. The Kier molecular flexibility index (Phi) is 12.7. The molecule has 2 aliphatic carbocycles. The minimum atomic E-state index is -1.80. The van der Waals surface area contributed by atoms with Crippen LogP contribution in [0.25, 0.3) is 21.8 Å². The molecule has 14 heteroatoms. The van der Waals surface area contributed by atoms with Crippen molar-refractivity contribution in [1.82, 2.24) is 15.3 Å². The van der Waals surface area contributed by atoms with Crippen LogP contribution in [0.3, 0.4) is 0 Å². The van der Waals surface area contributed by atoms with E-state index in [1.165, 1.54) is 37.5 Å². The van der Waals surface area contributed by atoms with Crippen LogP contribution in [0.15, 0.2) is 59.2 Å². The third-order valence-corrected chi connectivity index (χ3v) is 11.8. The molecule has 9 unspecified atom stereocenters. The monoisotopic (exact) mass is 823 g/mol. The highest BCUT2D eigenvalue weighted by Crippen LogP contribution is 2.44. The number of ether oxygens (including phenoxy) is 5. The van der Waals surface area contributed by atoms with Crippen LogP contribution in [-0.2, 0) is 28.5 Å². The minimum absolute atomic E-state index is 0.00195. The maximum Gasteiger partial charge on any atom is 0.356 e. The molecule has 2 saturated heterocycles. The van der Waals surface area contributed by atoms with Gasteiger partial charge in [0.2, 0.25) is 0 Å². The second-order valence-electron chi connectivity index (χ2n) is 16.3. The van der Waals surface area contributed by atoms with E-state index in [-0.39, 0.29) is 47.3 Å². The molecule has 0 spiro atoms. The van der Waals surface area contributed by atoms with Crippen LogP contribution in [0.5, 0.6) is 5.75 Å². The van der Waals surface area contributed by atoms with Crippen molar-refractivity contribution >= 4 is 33.6 Å². The summed E-state index contributed by atoms with van der Waals surface area (Å²) in [5, 5.41) is 51.7. The molecule has 0 saturated carbocycles. The highest BCUT2D eigenvalue weighted by atomic mass is 16.7. The number of carbonyl (C=O) groups excluding carboxylic acids is 2. The number of aliphatic hydroxyl groups is 3. The Balaban J connectivity index is 1.30. The number of aromatic nitrogens is 2. The lowest BCUT2D eigenvalue weighted by Gasteiger charge is -2.47. The second kappa shape index (κ2) is 17.6. The molecular weight excluding hydrogens is 771 g/mol. The number of benzene rings is 1. The lowest BCUT2D eigenvalue weighted by Crippen LogP contribution is -2.59. The Morgan fingerprint density at radius 3 is 2.65 bits per heavy atom. The highest BCUT2D eigenvalue weighted by Gasteiger charge is 2.52. The van der Waals surface area contributed by atoms with E-state index in [0.717, 1.165) is 0 Å². The Bertz CT molecular complexity index is 2380. The number of hydrogen-bond donors (Lipinski definition) is 6. The van der Waals surface area contributed by atoms with Gasteiger partial charge in [0.1, 0.15) is 29.8 Å². The highest BCUT2D eigenvalue weighted by molar-refractivity contribution is 6.10. The number of ketones is 1. The predicted molar refractivity (Wildman–Crippen MR) is 221 cm³/mol. The van der Waals surface area contributed by atoms with Gasteiger partial charge in [-0.1, -0.05) is 57.5 Å². The fraction of sp³-hybridized carbons (Fsp3) is 0.500. The molecule has 0 radical (unpaired) electrons. The van der Waals surface area contributed by atoms with E-state index in [1.54, 1.807) is 19.9 Å². The number of hydrogen-bond acceptors (Lipinski definition) is 13. The second-order valence-corrected chi connectivity index (χ2v) is 16.3. The summed E-state index contributed by atoms with van der Waals surface area (Å²) in [4.78, 5) is 34.2. The number of Topliss-reactive ketones (excluding diaryl/α,β-unsaturated/α-hetero) is 1. The van der Waals surface area contributed by atoms with Crippen LogP contribution in [0, 0.1) is 35.5 Å². The van der Waals surface area contributed by atoms with Crippen molar-refractivity contribution in [2.45, 2.75) is 122 Å². The smallest absolute Gasteiger partial charge is 0.356 e. The molecule has 2 fully saturated rings. The summed E-state index contributed by atoms with van der Waals surface area (Å²) in [6.45, 7) is 11.8. The van der Waals surface area contributed by atoms with Gasteiger partial charge in [0.25, 0.3) is 0 Å². The lowest BCUT2D eigenvalue weighted by atomic mass is 9.73. The SMILES string of the molecule is CC/C=C1\C2=C(C)C(=O)C[C@@]1(O)C#C/C=C\C#C[C@@H]2OC1OC(C)C(C(O)c2nc(C(=O)OC)cc3c2[nH]c2ccc(O)cc23)C(O)C1OC1CC(C)C(NC(C)C)CO1. The number of phenols is 1. The number of phenolic OH excluding ortho intramolecular Hbond substituents is 1. The van der Waals surface area contributed by atoms with Crippen molar-refractivity contribution in [1.29, 1.82) is 0 Å². The van der Waals surface area contributed by atoms with Crippen molar-refractivity contribution < 1.29 is 53.7 Å². The van der Waals surface area contributed by atoms with Gasteiger partial charge in [0, 0.05) is 46.3 Å². The van der Waals surface area contributed by atoms with Crippen LogP contribution in [-0.4, -0.2) is 111 Å². The zero-order valence-corrected chi connectivity index (χ0v) is 34.8. The van der Waals surface area contributed by atoms with Crippen molar-refractivity contribution in [3.63, 3.8) is 0 Å². The number of rotatable bonds is 10. The van der Waals surface area contributed by atoms with Gasteiger partial charge in [-0.2, -0.15) is 0 Å². The first-order valence-electron chi connectivity index (χ1n) is 20.4. The van der Waals surface area contributed by atoms with Crippen LogP contribution in [0.1, 0.15) is 83.1 Å². The number of aromatic hydroxyl groups is 1. The van der Waals surface area contributed by atoms with E-state index in [1.807, 2.05) is 13.0 Å². The number of fused-ring (bicyclic) bond motifs is 5. The summed E-state index contributed by atoms with van der Waals surface area (Å²) in [6, 6.07) is 6.51. The maximum absolute atomic E-state index is 13.5. The fourth-order valence-electron chi connectivity index (χ4n) is 8.71. The van der Waals surface area contributed by atoms with Crippen molar-refractivity contribution in [3.05, 3.63) is 70.6 Å². The fourth-order valence-corrected chi connectivity index (χ4v) is 8.71. The number of esters is 1. The van der Waals surface area contributed by atoms with E-state index in [0.29, 0.717) is 58.0 Å². The molecule has 4 heterocycles. The number of aromatic amines is 1. The van der Waals surface area contributed by atoms with Crippen molar-refractivity contribution in [2.24, 2.45) is 11.8 Å². The standard InChI is InChI=1S/C46H53N3O11/c1-8-13-30-37-25(5)34(51)21-46(30,55)17-12-10-9-11-14-35(37)59-45-43(60-36-18-24(4)33(22-57-36)47-23(2)3)42(53)38(26(6)58-45)41(52)40-39-29(20-32(49-40)44(54)56-7)28-19-27(50)15-16-31(28)48-39/h9-10,13,15-16,19-20,23-24,26,33,35-36,38,41-43,45,47-48,50,52-53,55H,8,18,21-22H2,1-7H3/b10-9-,30-13+/t24?,26?,33?,35-,36?,38?,41?,42?,43?,45?,46-/m0/s1. The molecule has 6 N–H and O–H groups in total. The number of carbonyl (C=O) groups is 2. The van der Waals surface area contributed by atoms with Gasteiger partial charge in [-0.05, 0) is 73.7 Å². The maximum atomic E-state index is 13.5. The normalized spacial score (nSPS) is 32.4. The first kappa shape index (κ1) is 43.2. The summed E-state index contributed by atoms with van der Waals surface area (Å²) in [6.07, 6.45) is -3.09. The summed E-state index contributed by atoms with van der Waals surface area (Å²) < 4.78 is 31.2. The van der Waals surface area contributed by atoms with Gasteiger partial charge in [-0.15, -0.1) is 0 Å². The molecule has 14 nitrogen and oxygen atoms in total. The van der Waals surface area contributed by atoms with E-state index in [4.69, 9.17) is 23.7 Å². The average Bonchev–Trinajstić information content (AvgIpc) is 3.57. The Hall–Kier alpha value is -4.87. The summed E-state index contributed by atoms with van der Waals surface area (Å²) in [5.41, 5.74) is 0.218. The number of nitrogens with one attached hydrogen (secondary N) is 2. The van der Waals surface area contributed by atoms with E-state index in [2.05, 4.69) is 59.7 Å². The van der Waals surface area contributed by atoms with E-state index >= 15 is 0 Å². The molecule has 0 amide bonds. The molecule has 60 heavy (non-hydrogen) atoms. The zero-order valence-electron chi connectivity index (χ0n) is 34.8. The Morgan fingerprint density at radius 2 is 1.93 bits per heavy atom. The number of methoxy groups -OCH3 is 1. The van der Waals surface area contributed by atoms with Crippen LogP contribution in [0.2, 0.25) is 0 Å². The van der Waals surface area contributed by atoms with Crippen LogP contribution >= 0.6 is 0 Å². The van der Waals surface area contributed by atoms with E-state index < -0.39 is 60.6 Å². The van der Waals surface area contributed by atoms with Crippen LogP contribution < -0.4 is 5.32 Å². The van der Waals surface area contributed by atoms with E-state index in [9.17, 15) is 30.0 Å². The molecule has 318 valence electrons. The predicted octanol–water partition coefficient (Wildman–Crippen LogP) is 4.42. The quantitative estimate of drug-likeness (QED) is 0.124. The van der Waals surface area contributed by atoms with Gasteiger partial charge in [-0.25, -0.2) is 9.78 Å². The Labute approximate surface area is 349 Å². The Morgan fingerprint density at radius 1 is 1.17 bits per heavy atom. The molecule has 11 atom stereocenters. The molecule has 2 aliphatic heterocycles. The van der Waals surface area contributed by atoms with Gasteiger partial charge in [-0.3, -0.25) is 4.79 Å². The van der Waals surface area contributed by atoms with Gasteiger partial charge in [0.15, 0.2) is 24.0 Å². The lowest BCUT2D eigenvalue weighted by molar-refractivity contribution is -0.336. The third-order valence-electron chi connectivity index (χ3n) is 11.8. The number of aliphatic hydroxyl groups excluding tert-OH is 2. The number of pyridine rings is 1. The molecular formula is C46H53N3O11. The minimum Gasteiger partial charge on any atom is -0.508 e. The van der Waals surface area contributed by atoms with Gasteiger partial charge in [0.05, 0.1) is 43.6 Å². The van der Waals surface area contributed by atoms with Crippen LogP contribution in [0.4, 0.5) is 0 Å². The molecule has 2 aromatic heterocycles. The van der Waals surface area contributed by atoms with Crippen molar-refractivity contribution in [2.75, 3.05) is 13.7 Å². The summed E-state index contributed by atoms with van der Waals surface area (Å²) in [5.74, 6) is 9.61. The molecule has 7 rings (SSSR count). The van der Waals surface area contributed by atoms with Crippen molar-refractivity contribution in [3.8, 4) is 29.4 Å². The average molecular weight is 824 g/mol. The van der Waals surface area contributed by atoms with Gasteiger partial charge >= 0.3 is 5.97 Å². The molecule has 3 aromatic rings. The molecule has 1 aromatic carbocycles.